The summed E-state index contributed by atoms with van der Waals surface area (Å²) in [5, 5.41) is 3.16. The number of ether oxygens (including phenoxy) is 1. The number of hydrogen-bond acceptors (Lipinski definition) is 7. The van der Waals surface area contributed by atoms with Gasteiger partial charge in [0.15, 0.2) is 0 Å². The first-order valence-corrected chi connectivity index (χ1v) is 10.6. The molecule has 3 heterocycles. The maximum absolute atomic E-state index is 13.2. The number of pyridine rings is 1. The Morgan fingerprint density at radius 2 is 2.14 bits per heavy atom. The molecule has 2 aromatic rings. The van der Waals surface area contributed by atoms with Crippen LogP contribution in [0.1, 0.15) is 25.0 Å². The standard InChI is InChI=1S/C20H24N4O3S2/c1-12(2)11-24-19(26)15(29-20(24)28)10-14-16(21-7-9-27-4)22-17-13(3)6-5-8-23(17)18(14)25/h5-6,8,10,12,21H,7,9,11H2,1-4H3. The van der Waals surface area contributed by atoms with Gasteiger partial charge >= 0.3 is 0 Å². The lowest BCUT2D eigenvalue weighted by Gasteiger charge is -2.16. The first kappa shape index (κ1) is 21.5. The second kappa shape index (κ2) is 9.06. The van der Waals surface area contributed by atoms with Crippen molar-refractivity contribution in [1.29, 1.82) is 0 Å². The molecule has 3 rings (SSSR count). The van der Waals surface area contributed by atoms with Crippen LogP contribution in [0.25, 0.3) is 11.7 Å². The highest BCUT2D eigenvalue weighted by Gasteiger charge is 2.32. The van der Waals surface area contributed by atoms with Crippen molar-refractivity contribution in [2.24, 2.45) is 5.92 Å². The van der Waals surface area contributed by atoms with Crippen LogP contribution in [-0.2, 0) is 9.53 Å². The van der Waals surface area contributed by atoms with E-state index in [-0.39, 0.29) is 11.5 Å². The lowest BCUT2D eigenvalue weighted by molar-refractivity contribution is -0.122. The van der Waals surface area contributed by atoms with Crippen molar-refractivity contribution in [2.45, 2.75) is 20.8 Å². The number of thioether (sulfide) groups is 1. The van der Waals surface area contributed by atoms with Crippen molar-refractivity contribution in [3.05, 3.63) is 44.7 Å². The van der Waals surface area contributed by atoms with Crippen LogP contribution in [0.3, 0.4) is 0 Å². The van der Waals surface area contributed by atoms with Gasteiger partial charge in [0.1, 0.15) is 15.8 Å². The van der Waals surface area contributed by atoms with Gasteiger partial charge in [-0.25, -0.2) is 4.98 Å². The number of aryl methyl sites for hydroxylation is 1. The van der Waals surface area contributed by atoms with Crippen LogP contribution >= 0.6 is 24.0 Å². The Morgan fingerprint density at radius 3 is 2.83 bits per heavy atom. The van der Waals surface area contributed by atoms with Crippen LogP contribution in [0.2, 0.25) is 0 Å². The van der Waals surface area contributed by atoms with Gasteiger partial charge in [0, 0.05) is 26.4 Å². The average Bonchev–Trinajstić information content (AvgIpc) is 2.92. The molecule has 0 aromatic carbocycles. The van der Waals surface area contributed by atoms with Gasteiger partial charge in [-0.05, 0) is 30.5 Å². The average molecular weight is 433 g/mol. The fraction of sp³-hybridized carbons (Fsp3) is 0.400. The highest BCUT2D eigenvalue weighted by Crippen LogP contribution is 2.33. The first-order chi connectivity index (χ1) is 13.8. The van der Waals surface area contributed by atoms with Gasteiger partial charge in [-0.1, -0.05) is 43.9 Å². The van der Waals surface area contributed by atoms with Gasteiger partial charge in [0.25, 0.3) is 11.5 Å². The van der Waals surface area contributed by atoms with Crippen LogP contribution in [0, 0.1) is 12.8 Å². The molecule has 1 saturated heterocycles. The summed E-state index contributed by atoms with van der Waals surface area (Å²) in [5.41, 5.74) is 1.54. The minimum Gasteiger partial charge on any atom is -0.383 e. The molecule has 9 heteroatoms. The first-order valence-electron chi connectivity index (χ1n) is 9.33. The van der Waals surface area contributed by atoms with Gasteiger partial charge in [-0.15, -0.1) is 0 Å². The zero-order valence-corrected chi connectivity index (χ0v) is 18.5. The highest BCUT2D eigenvalue weighted by atomic mass is 32.2. The van der Waals surface area contributed by atoms with E-state index in [4.69, 9.17) is 17.0 Å². The van der Waals surface area contributed by atoms with E-state index in [1.54, 1.807) is 30.3 Å². The number of hydrogen-bond donors (Lipinski definition) is 1. The number of thiocarbonyl (C=S) groups is 1. The van der Waals surface area contributed by atoms with E-state index in [1.165, 1.54) is 16.2 Å². The number of aromatic nitrogens is 2. The van der Waals surface area contributed by atoms with Gasteiger partial charge < -0.3 is 10.1 Å². The van der Waals surface area contributed by atoms with E-state index in [1.807, 2.05) is 26.8 Å². The van der Waals surface area contributed by atoms with Gasteiger partial charge in [-0.2, -0.15) is 0 Å². The molecule has 0 saturated carbocycles. The molecule has 7 nitrogen and oxygen atoms in total. The number of rotatable bonds is 7. The second-order valence-corrected chi connectivity index (χ2v) is 8.85. The second-order valence-electron chi connectivity index (χ2n) is 7.17. The summed E-state index contributed by atoms with van der Waals surface area (Å²) in [6, 6.07) is 3.70. The molecule has 1 N–H and O–H groups in total. The predicted molar refractivity (Wildman–Crippen MR) is 121 cm³/mol. The summed E-state index contributed by atoms with van der Waals surface area (Å²) >= 11 is 6.58. The summed E-state index contributed by atoms with van der Waals surface area (Å²) in [4.78, 5) is 32.7. The van der Waals surface area contributed by atoms with Crippen molar-refractivity contribution < 1.29 is 9.53 Å². The van der Waals surface area contributed by atoms with Gasteiger partial charge in [0.2, 0.25) is 0 Å². The van der Waals surface area contributed by atoms with Gasteiger partial charge in [0.05, 0.1) is 17.1 Å². The molecule has 0 bridgehead atoms. The summed E-state index contributed by atoms with van der Waals surface area (Å²) in [5.74, 6) is 0.541. The molecule has 0 aliphatic carbocycles. The van der Waals surface area contributed by atoms with Crippen LogP contribution in [0.15, 0.2) is 28.0 Å². The summed E-state index contributed by atoms with van der Waals surface area (Å²) in [6.07, 6.45) is 3.27. The fourth-order valence-corrected chi connectivity index (χ4v) is 4.26. The third-order valence-electron chi connectivity index (χ3n) is 4.38. The minimum atomic E-state index is -0.243. The number of nitrogens with one attached hydrogen (secondary N) is 1. The predicted octanol–water partition coefficient (Wildman–Crippen LogP) is 2.92. The number of nitrogens with zero attached hydrogens (tertiary/aromatic N) is 3. The van der Waals surface area contributed by atoms with Crippen LogP contribution in [0.5, 0.6) is 0 Å². The molecule has 0 atom stereocenters. The summed E-state index contributed by atoms with van der Waals surface area (Å²) in [6.45, 7) is 7.46. The van der Waals surface area contributed by atoms with E-state index < -0.39 is 0 Å². The largest absolute Gasteiger partial charge is 0.383 e. The third kappa shape index (κ3) is 4.52. The smallest absolute Gasteiger partial charge is 0.267 e. The van der Waals surface area contributed by atoms with E-state index >= 15 is 0 Å². The molecular weight excluding hydrogens is 408 g/mol. The third-order valence-corrected chi connectivity index (χ3v) is 5.76. The maximum atomic E-state index is 13.2. The molecule has 1 amide bonds. The monoisotopic (exact) mass is 432 g/mol. The lowest BCUT2D eigenvalue weighted by atomic mass is 10.2. The van der Waals surface area contributed by atoms with Crippen molar-refractivity contribution in [2.75, 3.05) is 32.1 Å². The Balaban J connectivity index is 2.10. The number of amides is 1. The number of fused-ring (bicyclic) bond motifs is 1. The normalized spacial score (nSPS) is 15.9. The van der Waals surface area contributed by atoms with E-state index in [0.717, 1.165) is 5.56 Å². The maximum Gasteiger partial charge on any atom is 0.267 e. The SMILES string of the molecule is COCCNc1nc2c(C)cccn2c(=O)c1C=C1SC(=S)N(CC(C)C)C1=O. The molecule has 154 valence electrons. The fourth-order valence-electron chi connectivity index (χ4n) is 3.00. The zero-order chi connectivity index (χ0) is 21.1. The Labute approximate surface area is 179 Å². The van der Waals surface area contributed by atoms with Crippen molar-refractivity contribution in [3.8, 4) is 0 Å². The molecule has 0 spiro atoms. The lowest BCUT2D eigenvalue weighted by Crippen LogP contribution is -2.31. The topological polar surface area (TPSA) is 75.9 Å². The molecule has 1 aliphatic heterocycles. The van der Waals surface area contributed by atoms with E-state index in [2.05, 4.69) is 10.3 Å². The van der Waals surface area contributed by atoms with Gasteiger partial charge in [-0.3, -0.25) is 18.9 Å². The minimum absolute atomic E-state index is 0.176. The Bertz CT molecular complexity index is 1050. The van der Waals surface area contributed by atoms with Crippen molar-refractivity contribution >= 4 is 51.7 Å². The zero-order valence-electron chi connectivity index (χ0n) is 16.9. The molecule has 0 unspecified atom stereocenters. The molecule has 2 aromatic heterocycles. The summed E-state index contributed by atoms with van der Waals surface area (Å²) < 4.78 is 7.09. The Hall–Kier alpha value is -2.23. The summed E-state index contributed by atoms with van der Waals surface area (Å²) in [7, 11) is 1.61. The number of anilines is 1. The number of methoxy groups -OCH3 is 1. The van der Waals surface area contributed by atoms with Crippen molar-refractivity contribution in [1.82, 2.24) is 14.3 Å². The molecule has 29 heavy (non-hydrogen) atoms. The van der Waals surface area contributed by atoms with E-state index in [0.29, 0.717) is 51.9 Å². The highest BCUT2D eigenvalue weighted by molar-refractivity contribution is 8.26. The molecule has 0 radical (unpaired) electrons. The Kier molecular flexibility index (Phi) is 6.71. The quantitative estimate of drug-likeness (QED) is 0.410. The van der Waals surface area contributed by atoms with Crippen molar-refractivity contribution in [3.63, 3.8) is 0 Å². The molecule has 1 aliphatic rings. The van der Waals surface area contributed by atoms with Crippen LogP contribution in [-0.4, -0.2) is 51.3 Å². The van der Waals surface area contributed by atoms with Crippen LogP contribution in [0.4, 0.5) is 5.82 Å². The molecular formula is C20H24N4O3S2. The molecule has 1 fully saturated rings. The van der Waals surface area contributed by atoms with Crippen LogP contribution < -0.4 is 10.9 Å². The Morgan fingerprint density at radius 1 is 1.38 bits per heavy atom. The number of carbonyl (C=O) groups is 1. The number of carbonyl (C=O) groups excluding carboxylic acids is 1. The van der Waals surface area contributed by atoms with E-state index in [9.17, 15) is 9.59 Å².